The molecule has 0 fully saturated rings. The SMILES string of the molecule is COc1cc(N(C)C)c(NC(=S)Nc2ccc(NC(C)=O)cc2)cc1Cl. The Hall–Kier alpha value is -2.51. The van der Waals surface area contributed by atoms with Crippen molar-refractivity contribution in [2.24, 2.45) is 0 Å². The van der Waals surface area contributed by atoms with Gasteiger partial charge in [0.15, 0.2) is 5.11 Å². The highest BCUT2D eigenvalue weighted by molar-refractivity contribution is 7.80. The van der Waals surface area contributed by atoms with E-state index in [9.17, 15) is 4.79 Å². The van der Waals surface area contributed by atoms with Crippen molar-refractivity contribution in [1.82, 2.24) is 0 Å². The monoisotopic (exact) mass is 392 g/mol. The Bertz CT molecular complexity index is 810. The molecule has 0 aromatic heterocycles. The second-order valence-electron chi connectivity index (χ2n) is 5.74. The molecule has 1 amide bonds. The Balaban J connectivity index is 2.12. The summed E-state index contributed by atoms with van der Waals surface area (Å²) in [6.07, 6.45) is 0. The predicted octanol–water partition coefficient (Wildman–Crippen LogP) is 4.18. The van der Waals surface area contributed by atoms with E-state index in [-0.39, 0.29) is 5.91 Å². The maximum Gasteiger partial charge on any atom is 0.221 e. The number of rotatable bonds is 5. The number of ether oxygens (including phenoxy) is 1. The zero-order valence-corrected chi connectivity index (χ0v) is 16.6. The van der Waals surface area contributed by atoms with Gasteiger partial charge in [0.1, 0.15) is 5.75 Å². The Morgan fingerprint density at radius 2 is 1.65 bits per heavy atom. The van der Waals surface area contributed by atoms with E-state index >= 15 is 0 Å². The van der Waals surface area contributed by atoms with Gasteiger partial charge in [-0.25, -0.2) is 0 Å². The first-order chi connectivity index (χ1) is 12.3. The molecule has 0 atom stereocenters. The number of methoxy groups -OCH3 is 1. The van der Waals surface area contributed by atoms with Crippen LogP contribution in [-0.4, -0.2) is 32.2 Å². The molecule has 26 heavy (non-hydrogen) atoms. The maximum absolute atomic E-state index is 11.1. The first-order valence-electron chi connectivity index (χ1n) is 7.80. The number of carbonyl (C=O) groups excluding carboxylic acids is 1. The van der Waals surface area contributed by atoms with Crippen LogP contribution in [0.25, 0.3) is 0 Å². The van der Waals surface area contributed by atoms with Gasteiger partial charge in [-0.3, -0.25) is 4.79 Å². The summed E-state index contributed by atoms with van der Waals surface area (Å²) in [5, 5.41) is 9.87. The molecule has 0 aliphatic rings. The lowest BCUT2D eigenvalue weighted by atomic mass is 10.2. The van der Waals surface area contributed by atoms with Crippen LogP contribution in [0, 0.1) is 0 Å². The molecular weight excluding hydrogens is 372 g/mol. The number of nitrogens with one attached hydrogen (secondary N) is 3. The molecule has 0 heterocycles. The molecule has 0 bridgehead atoms. The van der Waals surface area contributed by atoms with Crippen molar-refractivity contribution >= 4 is 57.6 Å². The standard InChI is InChI=1S/C18H21ClN4O2S/c1-11(24)20-12-5-7-13(8-6-12)21-18(26)22-15-9-14(19)17(25-4)10-16(15)23(2)3/h5-10H,1-4H3,(H,20,24)(H2,21,22,26). The largest absolute Gasteiger partial charge is 0.495 e. The van der Waals surface area contributed by atoms with E-state index < -0.39 is 0 Å². The third-order valence-electron chi connectivity index (χ3n) is 3.46. The van der Waals surface area contributed by atoms with Crippen LogP contribution in [0.15, 0.2) is 36.4 Å². The zero-order valence-electron chi connectivity index (χ0n) is 15.0. The number of amides is 1. The van der Waals surface area contributed by atoms with Crippen LogP contribution in [-0.2, 0) is 4.79 Å². The number of halogens is 1. The summed E-state index contributed by atoms with van der Waals surface area (Å²) in [5.74, 6) is 0.476. The Morgan fingerprint density at radius 3 is 2.15 bits per heavy atom. The summed E-state index contributed by atoms with van der Waals surface area (Å²) in [6, 6.07) is 10.9. The highest BCUT2D eigenvalue weighted by atomic mass is 35.5. The molecule has 0 saturated carbocycles. The first kappa shape index (κ1) is 19.8. The number of anilines is 4. The Morgan fingerprint density at radius 1 is 1.08 bits per heavy atom. The van der Waals surface area contributed by atoms with Crippen LogP contribution >= 0.6 is 23.8 Å². The Kier molecular flexibility index (Phi) is 6.65. The van der Waals surface area contributed by atoms with E-state index in [0.717, 1.165) is 22.7 Å². The number of hydrogen-bond donors (Lipinski definition) is 3. The van der Waals surface area contributed by atoms with Crippen molar-refractivity contribution in [3.63, 3.8) is 0 Å². The number of thiocarbonyl (C=S) groups is 1. The smallest absolute Gasteiger partial charge is 0.221 e. The highest BCUT2D eigenvalue weighted by Crippen LogP contribution is 2.35. The summed E-state index contributed by atoms with van der Waals surface area (Å²) in [6.45, 7) is 1.47. The van der Waals surface area contributed by atoms with Gasteiger partial charge in [0.05, 0.1) is 23.5 Å². The topological polar surface area (TPSA) is 65.6 Å². The van der Waals surface area contributed by atoms with Crippen molar-refractivity contribution < 1.29 is 9.53 Å². The summed E-state index contributed by atoms with van der Waals surface area (Å²) < 4.78 is 5.27. The molecule has 0 radical (unpaired) electrons. The van der Waals surface area contributed by atoms with E-state index in [0.29, 0.717) is 15.9 Å². The molecule has 0 saturated heterocycles. The molecule has 8 heteroatoms. The van der Waals surface area contributed by atoms with Crippen molar-refractivity contribution in [3.8, 4) is 5.75 Å². The molecule has 2 aromatic rings. The van der Waals surface area contributed by atoms with E-state index in [2.05, 4.69) is 16.0 Å². The lowest BCUT2D eigenvalue weighted by Gasteiger charge is -2.21. The van der Waals surface area contributed by atoms with Crippen molar-refractivity contribution in [3.05, 3.63) is 41.4 Å². The molecule has 0 aliphatic carbocycles. The molecule has 0 spiro atoms. The number of benzene rings is 2. The minimum Gasteiger partial charge on any atom is -0.495 e. The van der Waals surface area contributed by atoms with E-state index in [1.807, 2.05) is 37.2 Å². The molecule has 6 nitrogen and oxygen atoms in total. The van der Waals surface area contributed by atoms with Gasteiger partial charge in [-0.2, -0.15) is 0 Å². The lowest BCUT2D eigenvalue weighted by Crippen LogP contribution is -2.21. The first-order valence-corrected chi connectivity index (χ1v) is 8.59. The average Bonchev–Trinajstić information content (AvgIpc) is 2.56. The quantitative estimate of drug-likeness (QED) is 0.663. The minimum absolute atomic E-state index is 0.115. The Labute approximate surface area is 163 Å². The van der Waals surface area contributed by atoms with Crippen LogP contribution in [0.1, 0.15) is 6.92 Å². The van der Waals surface area contributed by atoms with Crippen molar-refractivity contribution in [2.45, 2.75) is 6.92 Å². The number of carbonyl (C=O) groups is 1. The zero-order chi connectivity index (χ0) is 19.3. The van der Waals surface area contributed by atoms with Crippen LogP contribution < -0.4 is 25.6 Å². The van der Waals surface area contributed by atoms with Gasteiger partial charge in [0, 0.05) is 38.5 Å². The molecular formula is C18H21ClN4O2S. The fourth-order valence-electron chi connectivity index (χ4n) is 2.29. The van der Waals surface area contributed by atoms with Gasteiger partial charge in [-0.05, 0) is 42.5 Å². The molecule has 138 valence electrons. The summed E-state index contributed by atoms with van der Waals surface area (Å²) in [4.78, 5) is 13.0. The number of hydrogen-bond acceptors (Lipinski definition) is 4. The van der Waals surface area contributed by atoms with E-state index in [4.69, 9.17) is 28.6 Å². The normalized spacial score (nSPS) is 10.0. The average molecular weight is 393 g/mol. The van der Waals surface area contributed by atoms with Gasteiger partial charge in [0.25, 0.3) is 0 Å². The molecule has 2 aromatic carbocycles. The van der Waals surface area contributed by atoms with Gasteiger partial charge in [-0.1, -0.05) is 11.6 Å². The summed E-state index contributed by atoms with van der Waals surface area (Å²) >= 11 is 11.6. The summed E-state index contributed by atoms with van der Waals surface area (Å²) in [5.41, 5.74) is 3.16. The van der Waals surface area contributed by atoms with Crippen LogP contribution in [0.4, 0.5) is 22.7 Å². The van der Waals surface area contributed by atoms with Gasteiger partial charge < -0.3 is 25.6 Å². The third-order valence-corrected chi connectivity index (χ3v) is 3.96. The fourth-order valence-corrected chi connectivity index (χ4v) is 2.76. The lowest BCUT2D eigenvalue weighted by molar-refractivity contribution is -0.114. The second kappa shape index (κ2) is 8.73. The third kappa shape index (κ3) is 5.24. The van der Waals surface area contributed by atoms with Crippen LogP contribution in [0.2, 0.25) is 5.02 Å². The maximum atomic E-state index is 11.1. The molecule has 3 N–H and O–H groups in total. The molecule has 0 unspecified atom stereocenters. The van der Waals surface area contributed by atoms with Crippen LogP contribution in [0.3, 0.4) is 0 Å². The van der Waals surface area contributed by atoms with Crippen molar-refractivity contribution in [1.29, 1.82) is 0 Å². The van der Waals surface area contributed by atoms with Crippen LogP contribution in [0.5, 0.6) is 5.75 Å². The molecule has 0 aliphatic heterocycles. The van der Waals surface area contributed by atoms with Crippen molar-refractivity contribution in [2.75, 3.05) is 42.1 Å². The van der Waals surface area contributed by atoms with Gasteiger partial charge in [0.2, 0.25) is 5.91 Å². The van der Waals surface area contributed by atoms with Gasteiger partial charge in [-0.15, -0.1) is 0 Å². The number of nitrogens with zero attached hydrogens (tertiary/aromatic N) is 1. The fraction of sp³-hybridized carbons (Fsp3) is 0.222. The van der Waals surface area contributed by atoms with Gasteiger partial charge >= 0.3 is 0 Å². The van der Waals surface area contributed by atoms with E-state index in [1.54, 1.807) is 25.3 Å². The highest BCUT2D eigenvalue weighted by Gasteiger charge is 2.12. The summed E-state index contributed by atoms with van der Waals surface area (Å²) in [7, 11) is 5.42. The second-order valence-corrected chi connectivity index (χ2v) is 6.55. The van der Waals surface area contributed by atoms with E-state index in [1.165, 1.54) is 6.92 Å². The minimum atomic E-state index is -0.115. The predicted molar refractivity (Wildman–Crippen MR) is 113 cm³/mol. The molecule has 2 rings (SSSR count).